The van der Waals surface area contributed by atoms with Gasteiger partial charge in [-0.3, -0.25) is 0 Å². The van der Waals surface area contributed by atoms with E-state index in [0.717, 1.165) is 31.7 Å². The molecule has 0 heterocycles. The van der Waals surface area contributed by atoms with Gasteiger partial charge in [0.15, 0.2) is 0 Å². The molecule has 2 heteroatoms. The van der Waals surface area contributed by atoms with Crippen LogP contribution in [0, 0.1) is 0 Å². The molecule has 1 aromatic carbocycles. The van der Waals surface area contributed by atoms with Gasteiger partial charge in [-0.25, -0.2) is 0 Å². The van der Waals surface area contributed by atoms with E-state index in [1.54, 1.807) is 0 Å². The van der Waals surface area contributed by atoms with Crippen LogP contribution in [0.2, 0.25) is 0 Å². The lowest BCUT2D eigenvalue weighted by Crippen LogP contribution is -2.45. The normalized spacial score (nSPS) is 16.9. The van der Waals surface area contributed by atoms with E-state index >= 15 is 0 Å². The highest BCUT2D eigenvalue weighted by atomic mass is 16.5. The van der Waals surface area contributed by atoms with Crippen molar-refractivity contribution >= 4 is 0 Å². The average molecular weight is 261 g/mol. The van der Waals surface area contributed by atoms with Gasteiger partial charge in [-0.05, 0) is 69.3 Å². The van der Waals surface area contributed by atoms with Gasteiger partial charge in [-0.1, -0.05) is 26.0 Å². The van der Waals surface area contributed by atoms with Crippen LogP contribution >= 0.6 is 0 Å². The molecule has 19 heavy (non-hydrogen) atoms. The molecule has 1 N–H and O–H groups in total. The Labute approximate surface area is 117 Å². The number of hydrogen-bond donors (Lipinski definition) is 1. The minimum atomic E-state index is 0.104. The van der Waals surface area contributed by atoms with E-state index in [1.165, 1.54) is 31.2 Å². The zero-order valence-corrected chi connectivity index (χ0v) is 12.4. The van der Waals surface area contributed by atoms with Crippen LogP contribution in [-0.4, -0.2) is 18.7 Å². The maximum Gasteiger partial charge on any atom is 0.120 e. The highest BCUT2D eigenvalue weighted by Gasteiger charge is 2.38. The topological polar surface area (TPSA) is 21.3 Å². The van der Waals surface area contributed by atoms with Gasteiger partial charge in [0.05, 0.1) is 0 Å². The Morgan fingerprint density at radius 2 is 2.05 bits per heavy atom. The lowest BCUT2D eigenvalue weighted by atomic mass is 9.77. The second-order valence-corrected chi connectivity index (χ2v) is 5.64. The molecule has 0 aliphatic heterocycles. The van der Waals surface area contributed by atoms with Gasteiger partial charge >= 0.3 is 0 Å². The number of ether oxygens (including phenoxy) is 1. The highest BCUT2D eigenvalue weighted by Crippen LogP contribution is 2.39. The molecular formula is C17H27NO. The quantitative estimate of drug-likeness (QED) is 0.716. The largest absolute Gasteiger partial charge is 0.487 e. The van der Waals surface area contributed by atoms with E-state index in [-0.39, 0.29) is 5.60 Å². The summed E-state index contributed by atoms with van der Waals surface area (Å²) < 4.78 is 6.32. The Morgan fingerprint density at radius 3 is 2.68 bits per heavy atom. The van der Waals surface area contributed by atoms with E-state index in [4.69, 9.17) is 4.74 Å². The van der Waals surface area contributed by atoms with Crippen molar-refractivity contribution in [1.29, 1.82) is 0 Å². The van der Waals surface area contributed by atoms with Crippen molar-refractivity contribution in [2.75, 3.05) is 13.1 Å². The Hall–Kier alpha value is -1.02. The number of aryl methyl sites for hydroxylation is 1. The molecule has 106 valence electrons. The zero-order chi connectivity index (χ0) is 13.6. The summed E-state index contributed by atoms with van der Waals surface area (Å²) in [5.74, 6) is 1.05. The first-order valence-electron chi connectivity index (χ1n) is 7.77. The first-order chi connectivity index (χ1) is 9.28. The van der Waals surface area contributed by atoms with Crippen LogP contribution in [0.15, 0.2) is 24.3 Å². The fourth-order valence-corrected chi connectivity index (χ4v) is 2.67. The molecule has 0 spiro atoms. The molecule has 0 saturated heterocycles. The van der Waals surface area contributed by atoms with Crippen molar-refractivity contribution in [3.05, 3.63) is 29.8 Å². The standard InChI is InChI=1S/C17H27NO/c1-3-12-18-13-11-17(9-6-10-17)19-16-8-5-7-15(4-2)14-16/h5,7-8,14,18H,3-4,6,9-13H2,1-2H3. The van der Waals surface area contributed by atoms with Gasteiger partial charge < -0.3 is 10.1 Å². The van der Waals surface area contributed by atoms with Gasteiger partial charge in [0.2, 0.25) is 0 Å². The minimum Gasteiger partial charge on any atom is -0.487 e. The third-order valence-corrected chi connectivity index (χ3v) is 4.09. The van der Waals surface area contributed by atoms with Crippen LogP contribution in [0.25, 0.3) is 0 Å². The Kier molecular flexibility index (Phi) is 5.26. The molecule has 2 rings (SSSR count). The highest BCUT2D eigenvalue weighted by molar-refractivity contribution is 5.29. The number of hydrogen-bond acceptors (Lipinski definition) is 2. The molecule has 1 fully saturated rings. The summed E-state index contributed by atoms with van der Waals surface area (Å²) in [6, 6.07) is 8.57. The summed E-state index contributed by atoms with van der Waals surface area (Å²) >= 11 is 0. The SMILES string of the molecule is CCCNCCC1(Oc2cccc(CC)c2)CCC1. The number of rotatable bonds is 8. The average Bonchev–Trinajstić information content (AvgIpc) is 2.40. The first-order valence-corrected chi connectivity index (χ1v) is 7.77. The Balaban J connectivity index is 1.90. The van der Waals surface area contributed by atoms with Crippen molar-refractivity contribution in [3.8, 4) is 5.75 Å². The molecular weight excluding hydrogens is 234 g/mol. The lowest BCUT2D eigenvalue weighted by molar-refractivity contribution is -0.0142. The van der Waals surface area contributed by atoms with Gasteiger partial charge in [-0.15, -0.1) is 0 Å². The van der Waals surface area contributed by atoms with Crippen molar-refractivity contribution in [2.24, 2.45) is 0 Å². The molecule has 0 radical (unpaired) electrons. The summed E-state index contributed by atoms with van der Waals surface area (Å²) in [5.41, 5.74) is 1.46. The van der Waals surface area contributed by atoms with Crippen molar-refractivity contribution in [2.45, 2.75) is 58.0 Å². The summed E-state index contributed by atoms with van der Waals surface area (Å²) in [4.78, 5) is 0. The summed E-state index contributed by atoms with van der Waals surface area (Å²) in [6.45, 7) is 6.58. The van der Waals surface area contributed by atoms with Crippen LogP contribution in [0.5, 0.6) is 5.75 Å². The Bertz CT molecular complexity index is 385. The van der Waals surface area contributed by atoms with E-state index < -0.39 is 0 Å². The monoisotopic (exact) mass is 261 g/mol. The molecule has 1 saturated carbocycles. The van der Waals surface area contributed by atoms with Gasteiger partial charge in [-0.2, -0.15) is 0 Å². The molecule has 0 atom stereocenters. The van der Waals surface area contributed by atoms with E-state index in [1.807, 2.05) is 0 Å². The zero-order valence-electron chi connectivity index (χ0n) is 12.4. The molecule has 0 amide bonds. The summed E-state index contributed by atoms with van der Waals surface area (Å²) in [7, 11) is 0. The number of benzene rings is 1. The number of nitrogens with one attached hydrogen (secondary N) is 1. The molecule has 0 aromatic heterocycles. The molecule has 0 bridgehead atoms. The minimum absolute atomic E-state index is 0.104. The predicted octanol–water partition coefficient (Wildman–Crippen LogP) is 3.94. The predicted molar refractivity (Wildman–Crippen MR) is 80.8 cm³/mol. The second-order valence-electron chi connectivity index (χ2n) is 5.64. The van der Waals surface area contributed by atoms with Crippen LogP contribution < -0.4 is 10.1 Å². The van der Waals surface area contributed by atoms with Crippen molar-refractivity contribution in [1.82, 2.24) is 5.32 Å². The van der Waals surface area contributed by atoms with Crippen LogP contribution in [0.3, 0.4) is 0 Å². The summed E-state index contributed by atoms with van der Waals surface area (Å²) in [5, 5.41) is 3.49. The maximum atomic E-state index is 6.32. The Morgan fingerprint density at radius 1 is 1.21 bits per heavy atom. The van der Waals surface area contributed by atoms with Crippen LogP contribution in [0.4, 0.5) is 0 Å². The fourth-order valence-electron chi connectivity index (χ4n) is 2.67. The van der Waals surface area contributed by atoms with Gasteiger partial charge in [0.25, 0.3) is 0 Å². The maximum absolute atomic E-state index is 6.32. The van der Waals surface area contributed by atoms with E-state index in [0.29, 0.717) is 0 Å². The van der Waals surface area contributed by atoms with Gasteiger partial charge in [0.1, 0.15) is 11.4 Å². The smallest absolute Gasteiger partial charge is 0.120 e. The van der Waals surface area contributed by atoms with Crippen LogP contribution in [0.1, 0.15) is 51.5 Å². The first kappa shape index (κ1) is 14.4. The molecule has 2 nitrogen and oxygen atoms in total. The van der Waals surface area contributed by atoms with E-state index in [2.05, 4.69) is 43.4 Å². The lowest BCUT2D eigenvalue weighted by Gasteiger charge is -2.42. The fraction of sp³-hybridized carbons (Fsp3) is 0.647. The summed E-state index contributed by atoms with van der Waals surface area (Å²) in [6.07, 6.45) is 7.12. The molecule has 1 aliphatic rings. The van der Waals surface area contributed by atoms with Crippen molar-refractivity contribution in [3.63, 3.8) is 0 Å². The third kappa shape index (κ3) is 3.97. The van der Waals surface area contributed by atoms with Crippen molar-refractivity contribution < 1.29 is 4.74 Å². The molecule has 0 unspecified atom stereocenters. The molecule has 1 aliphatic carbocycles. The third-order valence-electron chi connectivity index (χ3n) is 4.09. The van der Waals surface area contributed by atoms with E-state index in [9.17, 15) is 0 Å². The van der Waals surface area contributed by atoms with Gasteiger partial charge in [0, 0.05) is 0 Å². The second kappa shape index (κ2) is 6.95. The molecule has 1 aromatic rings. The van der Waals surface area contributed by atoms with Crippen LogP contribution in [-0.2, 0) is 6.42 Å².